The van der Waals surface area contributed by atoms with Crippen molar-refractivity contribution in [2.24, 2.45) is 5.73 Å². The van der Waals surface area contributed by atoms with Crippen LogP contribution in [-0.4, -0.2) is 16.8 Å². The summed E-state index contributed by atoms with van der Waals surface area (Å²) >= 11 is 0. The molecule has 0 bridgehead atoms. The van der Waals surface area contributed by atoms with Gasteiger partial charge >= 0.3 is 6.09 Å². The summed E-state index contributed by atoms with van der Waals surface area (Å²) in [5, 5.41) is 12.5. The SMILES string of the molecule is CC(NC(=O)OC(C)(C)C)c1cc(CN)ccc1O. The van der Waals surface area contributed by atoms with Gasteiger partial charge in [0.15, 0.2) is 0 Å². The van der Waals surface area contributed by atoms with Crippen LogP contribution >= 0.6 is 0 Å². The van der Waals surface area contributed by atoms with E-state index in [1.807, 2.05) is 0 Å². The molecule has 1 aromatic rings. The lowest BCUT2D eigenvalue weighted by molar-refractivity contribution is 0.0507. The Hall–Kier alpha value is -1.75. The Morgan fingerprint density at radius 1 is 1.47 bits per heavy atom. The fourth-order valence-electron chi connectivity index (χ4n) is 1.64. The number of nitrogens with two attached hydrogens (primary N) is 1. The van der Waals surface area contributed by atoms with E-state index in [0.29, 0.717) is 12.1 Å². The first kappa shape index (κ1) is 15.3. The van der Waals surface area contributed by atoms with Crippen molar-refractivity contribution in [3.63, 3.8) is 0 Å². The number of carbonyl (C=O) groups excluding carboxylic acids is 1. The maximum atomic E-state index is 11.7. The summed E-state index contributed by atoms with van der Waals surface area (Å²) in [7, 11) is 0. The number of amides is 1. The molecule has 19 heavy (non-hydrogen) atoms. The van der Waals surface area contributed by atoms with Gasteiger partial charge in [-0.15, -0.1) is 0 Å². The smallest absolute Gasteiger partial charge is 0.408 e. The van der Waals surface area contributed by atoms with Crippen LogP contribution in [0, 0.1) is 0 Å². The molecule has 0 aliphatic rings. The van der Waals surface area contributed by atoms with Gasteiger partial charge < -0.3 is 20.9 Å². The zero-order valence-corrected chi connectivity index (χ0v) is 11.9. The van der Waals surface area contributed by atoms with E-state index < -0.39 is 11.7 Å². The lowest BCUT2D eigenvalue weighted by Gasteiger charge is -2.22. The zero-order valence-electron chi connectivity index (χ0n) is 11.9. The fourth-order valence-corrected chi connectivity index (χ4v) is 1.64. The summed E-state index contributed by atoms with van der Waals surface area (Å²) in [6.45, 7) is 7.54. The van der Waals surface area contributed by atoms with Gasteiger partial charge in [0.1, 0.15) is 11.4 Å². The lowest BCUT2D eigenvalue weighted by atomic mass is 10.0. The highest BCUT2D eigenvalue weighted by atomic mass is 16.6. The molecule has 5 heteroatoms. The highest BCUT2D eigenvalue weighted by Crippen LogP contribution is 2.25. The topological polar surface area (TPSA) is 84.6 Å². The van der Waals surface area contributed by atoms with Gasteiger partial charge in [-0.1, -0.05) is 6.07 Å². The number of aromatic hydroxyl groups is 1. The number of hydrogen-bond donors (Lipinski definition) is 3. The maximum absolute atomic E-state index is 11.7. The van der Waals surface area contributed by atoms with E-state index in [2.05, 4.69) is 5.32 Å². The quantitative estimate of drug-likeness (QED) is 0.784. The monoisotopic (exact) mass is 266 g/mol. The first-order valence-electron chi connectivity index (χ1n) is 6.24. The van der Waals surface area contributed by atoms with Crippen LogP contribution in [0.15, 0.2) is 18.2 Å². The standard InChI is InChI=1S/C14H22N2O3/c1-9(16-13(18)19-14(2,3)4)11-7-10(8-15)5-6-12(11)17/h5-7,9,17H,8,15H2,1-4H3,(H,16,18). The summed E-state index contributed by atoms with van der Waals surface area (Å²) in [6, 6.07) is 4.74. The number of carbonyl (C=O) groups is 1. The minimum atomic E-state index is -0.551. The molecule has 1 rings (SSSR count). The van der Waals surface area contributed by atoms with Gasteiger partial charge in [-0.05, 0) is 45.4 Å². The molecule has 0 aromatic heterocycles. The normalized spacial score (nSPS) is 12.9. The molecule has 5 nitrogen and oxygen atoms in total. The Balaban J connectivity index is 2.78. The third kappa shape index (κ3) is 4.79. The number of phenols is 1. The third-order valence-electron chi connectivity index (χ3n) is 2.53. The molecule has 0 fully saturated rings. The second-order valence-electron chi connectivity index (χ2n) is 5.47. The van der Waals surface area contributed by atoms with Crippen LogP contribution in [0.4, 0.5) is 4.79 Å². The van der Waals surface area contributed by atoms with Crippen LogP contribution < -0.4 is 11.1 Å². The van der Waals surface area contributed by atoms with Crippen LogP contribution in [0.2, 0.25) is 0 Å². The van der Waals surface area contributed by atoms with Crippen LogP contribution in [0.5, 0.6) is 5.75 Å². The number of ether oxygens (including phenoxy) is 1. The molecule has 4 N–H and O–H groups in total. The van der Waals surface area contributed by atoms with E-state index in [1.165, 1.54) is 0 Å². The van der Waals surface area contributed by atoms with Crippen LogP contribution in [0.3, 0.4) is 0 Å². The van der Waals surface area contributed by atoms with Crippen molar-refractivity contribution in [3.8, 4) is 5.75 Å². The number of hydrogen-bond acceptors (Lipinski definition) is 4. The average Bonchev–Trinajstić information content (AvgIpc) is 2.26. The number of alkyl carbamates (subject to hydrolysis) is 1. The molecule has 0 saturated heterocycles. The second-order valence-corrected chi connectivity index (χ2v) is 5.47. The molecule has 0 radical (unpaired) electrons. The summed E-state index contributed by atoms with van der Waals surface area (Å²) in [6.07, 6.45) is -0.516. The largest absolute Gasteiger partial charge is 0.508 e. The van der Waals surface area contributed by atoms with Gasteiger partial charge in [0, 0.05) is 12.1 Å². The predicted molar refractivity (Wildman–Crippen MR) is 73.8 cm³/mol. The highest BCUT2D eigenvalue weighted by molar-refractivity contribution is 5.68. The van der Waals surface area contributed by atoms with Crippen molar-refractivity contribution in [2.75, 3.05) is 0 Å². The van der Waals surface area contributed by atoms with Crippen molar-refractivity contribution in [3.05, 3.63) is 29.3 Å². The molecule has 0 aliphatic heterocycles. The van der Waals surface area contributed by atoms with Crippen molar-refractivity contribution in [1.82, 2.24) is 5.32 Å². The van der Waals surface area contributed by atoms with Gasteiger partial charge in [0.2, 0.25) is 0 Å². The second kappa shape index (κ2) is 5.93. The molecular formula is C14H22N2O3. The van der Waals surface area contributed by atoms with Gasteiger partial charge in [0.05, 0.1) is 6.04 Å². The van der Waals surface area contributed by atoms with E-state index in [9.17, 15) is 9.90 Å². The molecule has 106 valence electrons. The lowest BCUT2D eigenvalue weighted by Crippen LogP contribution is -2.34. The Morgan fingerprint density at radius 3 is 2.63 bits per heavy atom. The minimum absolute atomic E-state index is 0.126. The first-order chi connectivity index (χ1) is 8.73. The highest BCUT2D eigenvalue weighted by Gasteiger charge is 2.19. The predicted octanol–water partition coefficient (Wildman–Crippen LogP) is 2.44. The first-order valence-corrected chi connectivity index (χ1v) is 6.24. The van der Waals surface area contributed by atoms with Crippen LogP contribution in [0.1, 0.15) is 44.9 Å². The van der Waals surface area contributed by atoms with Gasteiger partial charge in [-0.25, -0.2) is 4.79 Å². The number of benzene rings is 1. The Labute approximate surface area is 113 Å². The van der Waals surface area contributed by atoms with E-state index >= 15 is 0 Å². The molecular weight excluding hydrogens is 244 g/mol. The molecule has 1 amide bonds. The molecule has 1 aromatic carbocycles. The molecule has 1 unspecified atom stereocenters. The molecule has 0 heterocycles. The molecule has 0 spiro atoms. The van der Waals surface area contributed by atoms with E-state index in [1.54, 1.807) is 45.9 Å². The Morgan fingerprint density at radius 2 is 2.11 bits per heavy atom. The third-order valence-corrected chi connectivity index (χ3v) is 2.53. The van der Waals surface area contributed by atoms with Crippen molar-refractivity contribution in [2.45, 2.75) is 45.9 Å². The van der Waals surface area contributed by atoms with E-state index in [0.717, 1.165) is 5.56 Å². The van der Waals surface area contributed by atoms with Gasteiger partial charge in [-0.2, -0.15) is 0 Å². The summed E-state index contributed by atoms with van der Waals surface area (Å²) in [4.78, 5) is 11.7. The Kier molecular flexibility index (Phi) is 4.78. The molecule has 0 aliphatic carbocycles. The zero-order chi connectivity index (χ0) is 14.6. The van der Waals surface area contributed by atoms with Crippen LogP contribution in [-0.2, 0) is 11.3 Å². The minimum Gasteiger partial charge on any atom is -0.508 e. The number of rotatable bonds is 3. The van der Waals surface area contributed by atoms with Crippen LogP contribution in [0.25, 0.3) is 0 Å². The summed E-state index contributed by atoms with van der Waals surface area (Å²) < 4.78 is 5.17. The Bertz CT molecular complexity index is 452. The summed E-state index contributed by atoms with van der Waals surface area (Å²) in [5.41, 5.74) is 6.52. The molecule has 0 saturated carbocycles. The number of nitrogens with one attached hydrogen (secondary N) is 1. The number of phenolic OH excluding ortho intramolecular Hbond substituents is 1. The van der Waals surface area contributed by atoms with Crippen molar-refractivity contribution in [1.29, 1.82) is 0 Å². The van der Waals surface area contributed by atoms with Crippen molar-refractivity contribution >= 4 is 6.09 Å². The van der Waals surface area contributed by atoms with E-state index in [4.69, 9.17) is 10.5 Å². The van der Waals surface area contributed by atoms with Crippen molar-refractivity contribution < 1.29 is 14.6 Å². The average molecular weight is 266 g/mol. The molecule has 1 atom stereocenters. The van der Waals surface area contributed by atoms with Gasteiger partial charge in [-0.3, -0.25) is 0 Å². The maximum Gasteiger partial charge on any atom is 0.408 e. The van der Waals surface area contributed by atoms with E-state index in [-0.39, 0.29) is 11.8 Å². The summed E-state index contributed by atoms with van der Waals surface area (Å²) in [5.74, 6) is 0.126. The van der Waals surface area contributed by atoms with Gasteiger partial charge in [0.25, 0.3) is 0 Å². The fraction of sp³-hybridized carbons (Fsp3) is 0.500.